The van der Waals surface area contributed by atoms with E-state index in [1.54, 1.807) is 6.92 Å². The maximum atomic E-state index is 11.3. The topological polar surface area (TPSA) is 157 Å². The number of nitriles is 3. The maximum absolute atomic E-state index is 11.3. The molecule has 0 aromatic heterocycles. The van der Waals surface area contributed by atoms with Crippen LogP contribution in [0.4, 0.5) is 5.69 Å². The van der Waals surface area contributed by atoms with E-state index in [0.717, 1.165) is 5.56 Å². The largest absolute Gasteiger partial charge is 0.448 e. The summed E-state index contributed by atoms with van der Waals surface area (Å²) in [4.78, 5) is 10.7. The van der Waals surface area contributed by atoms with Crippen LogP contribution in [0.1, 0.15) is 24.2 Å². The van der Waals surface area contributed by atoms with Crippen LogP contribution >= 0.6 is 0 Å². The van der Waals surface area contributed by atoms with E-state index in [1.807, 2.05) is 42.5 Å². The van der Waals surface area contributed by atoms with E-state index in [-0.39, 0.29) is 17.7 Å². The van der Waals surface area contributed by atoms with Crippen molar-refractivity contribution in [1.29, 1.82) is 21.2 Å². The Balaban J connectivity index is 1.94. The molecule has 2 bridgehead atoms. The summed E-state index contributed by atoms with van der Waals surface area (Å²) >= 11 is 0. The lowest BCUT2D eigenvalue weighted by atomic mass is 9.52. The molecule has 0 amide bonds. The van der Waals surface area contributed by atoms with Crippen LogP contribution in [0.2, 0.25) is 0 Å². The molecule has 2 aliphatic heterocycles. The van der Waals surface area contributed by atoms with Crippen molar-refractivity contribution in [3.63, 3.8) is 0 Å². The van der Waals surface area contributed by atoms with Crippen LogP contribution in [0.3, 0.4) is 0 Å². The van der Waals surface area contributed by atoms with Crippen LogP contribution < -0.4 is 0 Å². The van der Waals surface area contributed by atoms with Crippen molar-refractivity contribution in [1.82, 2.24) is 0 Å². The van der Waals surface area contributed by atoms with Crippen LogP contribution in [-0.4, -0.2) is 16.6 Å². The molecular formula is C23H17N5O4. The number of nitro benzene ring substituents is 1. The Hall–Kier alpha value is -4.26. The third kappa shape index (κ3) is 2.61. The number of hydrogen-bond acceptors (Lipinski definition) is 8. The molecule has 9 heteroatoms. The highest BCUT2D eigenvalue weighted by atomic mass is 16.7. The van der Waals surface area contributed by atoms with Gasteiger partial charge in [-0.3, -0.25) is 15.5 Å². The molecule has 2 aromatic rings. The van der Waals surface area contributed by atoms with Gasteiger partial charge in [0.05, 0.1) is 29.0 Å². The predicted molar refractivity (Wildman–Crippen MR) is 109 cm³/mol. The summed E-state index contributed by atoms with van der Waals surface area (Å²) in [6.07, 6.45) is -1.13. The van der Waals surface area contributed by atoms with Crippen LogP contribution in [0.5, 0.6) is 0 Å². The van der Waals surface area contributed by atoms with Gasteiger partial charge in [-0.05, 0) is 17.5 Å². The monoisotopic (exact) mass is 427 g/mol. The quantitative estimate of drug-likeness (QED) is 0.574. The number of non-ortho nitro benzene ring substituents is 1. The SMILES string of the molecule is CC12OC(=N)C(C#N)(C1Cc1ccccc1)C(C#N)(C#N)C(c1cccc([N+](=O)[O-])c1)O2. The van der Waals surface area contributed by atoms with Crippen molar-refractivity contribution >= 4 is 11.6 Å². The molecule has 2 heterocycles. The highest BCUT2D eigenvalue weighted by Gasteiger charge is 2.79. The van der Waals surface area contributed by atoms with E-state index in [4.69, 9.17) is 14.9 Å². The maximum Gasteiger partial charge on any atom is 0.269 e. The molecule has 32 heavy (non-hydrogen) atoms. The molecule has 4 atom stereocenters. The third-order valence-corrected chi connectivity index (χ3v) is 6.38. The lowest BCUT2D eigenvalue weighted by molar-refractivity contribution is -0.385. The summed E-state index contributed by atoms with van der Waals surface area (Å²) < 4.78 is 11.9. The third-order valence-electron chi connectivity index (χ3n) is 6.38. The van der Waals surface area contributed by atoms with E-state index >= 15 is 0 Å². The van der Waals surface area contributed by atoms with Crippen molar-refractivity contribution in [2.75, 3.05) is 0 Å². The standard InChI is InChI=1S/C23H17N5O4/c1-21-18(10-15-6-3-2-4-7-15)23(14-26,20(27)32-21)22(12-24,13-25)19(31-21)16-8-5-9-17(11-16)28(29)30/h2-9,11,18-19,27H,10H2,1H3. The van der Waals surface area contributed by atoms with E-state index in [1.165, 1.54) is 24.3 Å². The van der Waals surface area contributed by atoms with E-state index < -0.39 is 39.5 Å². The van der Waals surface area contributed by atoms with Gasteiger partial charge in [-0.25, -0.2) is 0 Å². The van der Waals surface area contributed by atoms with E-state index in [2.05, 4.69) is 6.07 Å². The lowest BCUT2D eigenvalue weighted by Crippen LogP contribution is -2.59. The number of nitrogens with one attached hydrogen (secondary N) is 1. The zero-order chi connectivity index (χ0) is 23.1. The molecule has 2 saturated heterocycles. The fraction of sp³-hybridized carbons (Fsp3) is 0.304. The summed E-state index contributed by atoms with van der Waals surface area (Å²) in [5, 5.41) is 50.7. The Morgan fingerprint density at radius 3 is 2.38 bits per heavy atom. The highest BCUT2D eigenvalue weighted by molar-refractivity contribution is 5.89. The van der Waals surface area contributed by atoms with Crippen molar-refractivity contribution in [3.8, 4) is 18.2 Å². The molecule has 0 spiro atoms. The number of rotatable bonds is 4. The second-order valence-corrected chi connectivity index (χ2v) is 7.99. The minimum absolute atomic E-state index is 0.185. The molecule has 2 aromatic carbocycles. The van der Waals surface area contributed by atoms with Crippen LogP contribution in [0, 0.1) is 66.3 Å². The zero-order valence-electron chi connectivity index (χ0n) is 17.0. The van der Waals surface area contributed by atoms with Crippen molar-refractivity contribution in [2.45, 2.75) is 25.2 Å². The average molecular weight is 427 g/mol. The summed E-state index contributed by atoms with van der Waals surface area (Å²) in [6.45, 7) is 1.57. The number of nitro groups is 1. The highest BCUT2D eigenvalue weighted by Crippen LogP contribution is 2.67. The van der Waals surface area contributed by atoms with Crippen LogP contribution in [0.15, 0.2) is 54.6 Å². The lowest BCUT2D eigenvalue weighted by Gasteiger charge is -2.48. The van der Waals surface area contributed by atoms with Crippen molar-refractivity contribution in [2.24, 2.45) is 16.7 Å². The normalized spacial score (nSPS) is 29.8. The van der Waals surface area contributed by atoms with Gasteiger partial charge in [0.2, 0.25) is 17.1 Å². The summed E-state index contributed by atoms with van der Waals surface area (Å²) in [5.41, 5.74) is -3.37. The van der Waals surface area contributed by atoms with Gasteiger partial charge in [0.25, 0.3) is 5.69 Å². The van der Waals surface area contributed by atoms with Gasteiger partial charge in [0, 0.05) is 19.1 Å². The summed E-state index contributed by atoms with van der Waals surface area (Å²) in [6, 6.07) is 20.5. The van der Waals surface area contributed by atoms with Crippen molar-refractivity contribution < 1.29 is 14.4 Å². The molecule has 2 aliphatic rings. The van der Waals surface area contributed by atoms with Gasteiger partial charge >= 0.3 is 0 Å². The van der Waals surface area contributed by atoms with Gasteiger partial charge in [-0.1, -0.05) is 42.5 Å². The Morgan fingerprint density at radius 1 is 1.09 bits per heavy atom. The number of nitrogens with zero attached hydrogens (tertiary/aromatic N) is 4. The van der Waals surface area contributed by atoms with E-state index in [9.17, 15) is 25.9 Å². The first-order chi connectivity index (χ1) is 15.3. The van der Waals surface area contributed by atoms with Gasteiger partial charge in [-0.2, -0.15) is 15.8 Å². The molecule has 2 fully saturated rings. The predicted octanol–water partition coefficient (Wildman–Crippen LogP) is 3.79. The molecule has 0 saturated carbocycles. The zero-order valence-corrected chi connectivity index (χ0v) is 17.0. The number of fused-ring (bicyclic) bond motifs is 2. The van der Waals surface area contributed by atoms with Gasteiger partial charge in [0.15, 0.2) is 5.41 Å². The number of ether oxygens (including phenoxy) is 2. The molecule has 158 valence electrons. The van der Waals surface area contributed by atoms with Gasteiger partial charge in [-0.15, -0.1) is 0 Å². The Bertz CT molecular complexity index is 1230. The first-order valence-electron chi connectivity index (χ1n) is 9.76. The number of benzene rings is 2. The molecule has 4 unspecified atom stereocenters. The second-order valence-electron chi connectivity index (χ2n) is 7.99. The first kappa shape index (κ1) is 21.0. The number of hydrogen-bond donors (Lipinski definition) is 1. The molecule has 0 radical (unpaired) electrons. The Labute approximate surface area is 183 Å². The Kier molecular flexibility index (Phi) is 4.70. The van der Waals surface area contributed by atoms with Gasteiger partial charge < -0.3 is 9.47 Å². The fourth-order valence-electron chi connectivity index (χ4n) is 4.84. The molecule has 0 aliphatic carbocycles. The molecular weight excluding hydrogens is 410 g/mol. The fourth-order valence-corrected chi connectivity index (χ4v) is 4.84. The van der Waals surface area contributed by atoms with Crippen LogP contribution in [-0.2, 0) is 15.9 Å². The van der Waals surface area contributed by atoms with Gasteiger partial charge in [0.1, 0.15) is 6.10 Å². The second kappa shape index (κ2) is 7.16. The summed E-state index contributed by atoms with van der Waals surface area (Å²) in [7, 11) is 0. The average Bonchev–Trinajstić information content (AvgIpc) is 2.96. The van der Waals surface area contributed by atoms with Crippen LogP contribution in [0.25, 0.3) is 0 Å². The summed E-state index contributed by atoms with van der Waals surface area (Å²) in [5.74, 6) is -2.86. The van der Waals surface area contributed by atoms with Crippen molar-refractivity contribution in [3.05, 3.63) is 75.8 Å². The minimum Gasteiger partial charge on any atom is -0.448 e. The molecule has 1 N–H and O–H groups in total. The molecule has 9 nitrogen and oxygen atoms in total. The first-order valence-corrected chi connectivity index (χ1v) is 9.76. The van der Waals surface area contributed by atoms with E-state index in [0.29, 0.717) is 0 Å². The smallest absolute Gasteiger partial charge is 0.269 e. The molecule has 4 rings (SSSR count). The minimum atomic E-state index is -2.18. The Morgan fingerprint density at radius 2 is 1.78 bits per heavy atom.